The third kappa shape index (κ3) is 2.74. The van der Waals surface area contributed by atoms with Crippen LogP contribution >= 0.6 is 11.6 Å². The molecule has 3 rings (SSSR count). The molecule has 0 radical (unpaired) electrons. The van der Waals surface area contributed by atoms with E-state index in [0.29, 0.717) is 16.3 Å². The summed E-state index contributed by atoms with van der Waals surface area (Å²) in [6.07, 6.45) is 0. The highest BCUT2D eigenvalue weighted by molar-refractivity contribution is 7.92. The first-order valence-electron chi connectivity index (χ1n) is 6.86. The first-order chi connectivity index (χ1) is 10.9. The average molecular weight is 349 g/mol. The number of azide groups is 1. The molecule has 0 aliphatic carbocycles. The number of anilines is 1. The third-order valence-electron chi connectivity index (χ3n) is 3.76. The van der Waals surface area contributed by atoms with E-state index in [9.17, 15) is 8.42 Å². The van der Waals surface area contributed by atoms with Gasteiger partial charge in [0.25, 0.3) is 10.0 Å². The first kappa shape index (κ1) is 15.7. The van der Waals surface area contributed by atoms with Crippen molar-refractivity contribution in [2.75, 3.05) is 10.8 Å². The summed E-state index contributed by atoms with van der Waals surface area (Å²) in [6.45, 7) is 1.96. The zero-order valence-electron chi connectivity index (χ0n) is 12.2. The molecule has 1 atom stereocenters. The van der Waals surface area contributed by atoms with Crippen LogP contribution in [-0.4, -0.2) is 15.0 Å². The van der Waals surface area contributed by atoms with Gasteiger partial charge in [0.1, 0.15) is 0 Å². The minimum Gasteiger partial charge on any atom is -0.265 e. The molecule has 8 heteroatoms. The van der Waals surface area contributed by atoms with Gasteiger partial charge in [-0.15, -0.1) is 0 Å². The lowest BCUT2D eigenvalue weighted by molar-refractivity contribution is 0.589. The van der Waals surface area contributed by atoms with Gasteiger partial charge < -0.3 is 0 Å². The minimum atomic E-state index is -3.73. The van der Waals surface area contributed by atoms with E-state index in [-0.39, 0.29) is 11.4 Å². The fourth-order valence-electron chi connectivity index (χ4n) is 2.60. The van der Waals surface area contributed by atoms with Gasteiger partial charge in [-0.3, -0.25) is 4.31 Å². The molecule has 0 saturated carbocycles. The molecule has 0 N–H and O–H groups in total. The maximum Gasteiger partial charge on any atom is 0.264 e. The summed E-state index contributed by atoms with van der Waals surface area (Å²) >= 11 is 5.98. The van der Waals surface area contributed by atoms with Crippen LogP contribution in [-0.2, 0) is 10.0 Å². The number of halogens is 1. The van der Waals surface area contributed by atoms with E-state index >= 15 is 0 Å². The average Bonchev–Trinajstić information content (AvgIpc) is 2.87. The van der Waals surface area contributed by atoms with E-state index in [1.54, 1.807) is 42.5 Å². The van der Waals surface area contributed by atoms with Gasteiger partial charge in [0, 0.05) is 16.5 Å². The van der Waals surface area contributed by atoms with E-state index in [0.717, 1.165) is 5.56 Å². The second-order valence-corrected chi connectivity index (χ2v) is 7.57. The molecule has 0 fully saturated rings. The number of hydrogen-bond donors (Lipinski definition) is 0. The van der Waals surface area contributed by atoms with Crippen molar-refractivity contribution in [2.24, 2.45) is 5.11 Å². The van der Waals surface area contributed by atoms with Crippen molar-refractivity contribution in [3.05, 3.63) is 69.1 Å². The molecule has 0 aromatic heterocycles. The standard InChI is InChI=1S/C15H13ClN4O2S/c1-10-2-5-12(6-3-10)23(21,22)20-9-14(18-19-17)13-8-11(16)4-7-15(13)20/h2-8,14H,9H2,1H3. The van der Waals surface area contributed by atoms with E-state index in [2.05, 4.69) is 10.0 Å². The van der Waals surface area contributed by atoms with Gasteiger partial charge in [-0.1, -0.05) is 34.4 Å². The van der Waals surface area contributed by atoms with Gasteiger partial charge in [-0.25, -0.2) is 8.42 Å². The molecule has 0 amide bonds. The Morgan fingerprint density at radius 2 is 1.96 bits per heavy atom. The SMILES string of the molecule is Cc1ccc(S(=O)(=O)N2CC(N=[N+]=[N-])c3cc(Cl)ccc32)cc1. The van der Waals surface area contributed by atoms with Crippen molar-refractivity contribution in [2.45, 2.75) is 17.9 Å². The predicted octanol–water partition coefficient (Wildman–Crippen LogP) is 4.21. The smallest absolute Gasteiger partial charge is 0.264 e. The van der Waals surface area contributed by atoms with Crippen molar-refractivity contribution in [3.63, 3.8) is 0 Å². The van der Waals surface area contributed by atoms with Crippen LogP contribution < -0.4 is 4.31 Å². The Balaban J connectivity index is 2.11. The lowest BCUT2D eigenvalue weighted by Crippen LogP contribution is -2.29. The Morgan fingerprint density at radius 3 is 2.61 bits per heavy atom. The van der Waals surface area contributed by atoms with Gasteiger partial charge in [0.2, 0.25) is 0 Å². The van der Waals surface area contributed by atoms with Crippen LogP contribution in [0.4, 0.5) is 5.69 Å². The van der Waals surface area contributed by atoms with Crippen LogP contribution in [0.3, 0.4) is 0 Å². The van der Waals surface area contributed by atoms with E-state index in [1.807, 2.05) is 6.92 Å². The topological polar surface area (TPSA) is 86.1 Å². The van der Waals surface area contributed by atoms with Crippen LogP contribution in [0.1, 0.15) is 17.2 Å². The summed E-state index contributed by atoms with van der Waals surface area (Å²) < 4.78 is 27.1. The fraction of sp³-hybridized carbons (Fsp3) is 0.200. The normalized spacial score (nSPS) is 16.8. The molecule has 1 aliphatic heterocycles. The maximum absolute atomic E-state index is 12.9. The van der Waals surface area contributed by atoms with Crippen molar-refractivity contribution in [1.82, 2.24) is 0 Å². The highest BCUT2D eigenvalue weighted by Crippen LogP contribution is 2.41. The monoisotopic (exact) mass is 348 g/mol. The molecule has 1 heterocycles. The Morgan fingerprint density at radius 1 is 1.26 bits per heavy atom. The summed E-state index contributed by atoms with van der Waals surface area (Å²) in [5.41, 5.74) is 10.8. The van der Waals surface area contributed by atoms with Gasteiger partial charge in [-0.2, -0.15) is 0 Å². The van der Waals surface area contributed by atoms with Crippen molar-refractivity contribution >= 4 is 27.3 Å². The predicted molar refractivity (Wildman–Crippen MR) is 89.0 cm³/mol. The Bertz CT molecular complexity index is 906. The highest BCUT2D eigenvalue weighted by atomic mass is 35.5. The molecule has 1 unspecified atom stereocenters. The largest absolute Gasteiger partial charge is 0.265 e. The molecule has 2 aromatic carbocycles. The van der Waals surface area contributed by atoms with E-state index in [4.69, 9.17) is 17.1 Å². The number of aryl methyl sites for hydroxylation is 1. The van der Waals surface area contributed by atoms with E-state index < -0.39 is 16.1 Å². The number of hydrogen-bond acceptors (Lipinski definition) is 3. The zero-order chi connectivity index (χ0) is 16.6. The van der Waals surface area contributed by atoms with Crippen molar-refractivity contribution in [3.8, 4) is 0 Å². The molecule has 118 valence electrons. The van der Waals surface area contributed by atoms with Gasteiger partial charge in [-0.05, 0) is 48.4 Å². The van der Waals surface area contributed by atoms with Crippen molar-refractivity contribution < 1.29 is 8.42 Å². The summed E-state index contributed by atoms with van der Waals surface area (Å²) in [7, 11) is -3.73. The maximum atomic E-state index is 12.9. The van der Waals surface area contributed by atoms with Gasteiger partial charge >= 0.3 is 0 Å². The molecular formula is C15H13ClN4O2S. The lowest BCUT2D eigenvalue weighted by Gasteiger charge is -2.20. The molecule has 0 spiro atoms. The summed E-state index contributed by atoms with van der Waals surface area (Å²) in [5.74, 6) is 0. The zero-order valence-corrected chi connectivity index (χ0v) is 13.8. The van der Waals surface area contributed by atoms with Gasteiger partial charge in [0.15, 0.2) is 0 Å². The van der Waals surface area contributed by atoms with Crippen LogP contribution in [0.5, 0.6) is 0 Å². The fourth-order valence-corrected chi connectivity index (χ4v) is 4.28. The van der Waals surface area contributed by atoms with E-state index in [1.165, 1.54) is 4.31 Å². The lowest BCUT2D eigenvalue weighted by atomic mass is 10.1. The Labute approximate surface area is 139 Å². The summed E-state index contributed by atoms with van der Waals surface area (Å²) in [5, 5.41) is 4.16. The quantitative estimate of drug-likeness (QED) is 0.472. The van der Waals surface area contributed by atoms with Crippen LogP contribution in [0.25, 0.3) is 10.4 Å². The molecule has 6 nitrogen and oxygen atoms in total. The second kappa shape index (κ2) is 5.77. The van der Waals surface area contributed by atoms with Crippen LogP contribution in [0.2, 0.25) is 5.02 Å². The van der Waals surface area contributed by atoms with Crippen LogP contribution in [0, 0.1) is 6.92 Å². The second-order valence-electron chi connectivity index (χ2n) is 5.27. The number of benzene rings is 2. The van der Waals surface area contributed by atoms with Crippen molar-refractivity contribution in [1.29, 1.82) is 0 Å². The number of nitrogens with zero attached hydrogens (tertiary/aromatic N) is 4. The molecule has 23 heavy (non-hydrogen) atoms. The Kier molecular flexibility index (Phi) is 3.93. The molecule has 0 bridgehead atoms. The summed E-state index contributed by atoms with van der Waals surface area (Å²) in [6, 6.07) is 10.9. The highest BCUT2D eigenvalue weighted by Gasteiger charge is 2.36. The Hall–Kier alpha value is -2.21. The number of rotatable bonds is 3. The molecule has 1 aliphatic rings. The first-order valence-corrected chi connectivity index (χ1v) is 8.68. The molecule has 2 aromatic rings. The van der Waals surface area contributed by atoms with Gasteiger partial charge in [0.05, 0.1) is 16.6 Å². The minimum absolute atomic E-state index is 0.0654. The summed E-state index contributed by atoms with van der Waals surface area (Å²) in [4.78, 5) is 3.01. The van der Waals surface area contributed by atoms with Crippen LogP contribution in [0.15, 0.2) is 52.5 Å². The number of sulfonamides is 1. The number of fused-ring (bicyclic) bond motifs is 1. The third-order valence-corrected chi connectivity index (χ3v) is 5.79. The molecule has 0 saturated heterocycles. The molecular weight excluding hydrogens is 336 g/mol.